The molecule has 0 saturated heterocycles. The molecule has 0 spiro atoms. The minimum Gasteiger partial charge on any atom is -0.508 e. The normalized spacial score (nSPS) is 12.1. The molecule has 0 radical (unpaired) electrons. The van der Waals surface area contributed by atoms with Gasteiger partial charge in [0.1, 0.15) is 11.5 Å². The van der Waals surface area contributed by atoms with E-state index in [2.05, 4.69) is 27.9 Å². The molecule has 2 aromatic carbocycles. The maximum atomic E-state index is 9.79. The van der Waals surface area contributed by atoms with E-state index >= 15 is 0 Å². The monoisotopic (exact) mass is 355 g/mol. The van der Waals surface area contributed by atoms with Gasteiger partial charge in [-0.05, 0) is 65.9 Å². The van der Waals surface area contributed by atoms with Gasteiger partial charge < -0.3 is 15.5 Å². The number of anilines is 1. The summed E-state index contributed by atoms with van der Waals surface area (Å²) in [5.74, 6) is 0.331. The summed E-state index contributed by atoms with van der Waals surface area (Å²) in [4.78, 5) is 0. The molecule has 1 atom stereocenters. The molecule has 18 heavy (non-hydrogen) atoms. The number of aromatic hydroxyl groups is 2. The predicted octanol–water partition coefficient (Wildman–Crippen LogP) is 3.88. The summed E-state index contributed by atoms with van der Waals surface area (Å²) in [6.45, 7) is 1.94. The van der Waals surface area contributed by atoms with Crippen molar-refractivity contribution in [1.29, 1.82) is 0 Å². The summed E-state index contributed by atoms with van der Waals surface area (Å²) in [5, 5.41) is 22.5. The van der Waals surface area contributed by atoms with Crippen LogP contribution in [0.3, 0.4) is 0 Å². The number of benzene rings is 2. The molecule has 0 amide bonds. The summed E-state index contributed by atoms with van der Waals surface area (Å²) in [7, 11) is 0. The Morgan fingerprint density at radius 3 is 2.61 bits per heavy atom. The third-order valence-electron chi connectivity index (χ3n) is 2.69. The molecule has 0 aromatic heterocycles. The Balaban J connectivity index is 2.21. The van der Waals surface area contributed by atoms with Gasteiger partial charge in [0.05, 0.1) is 6.04 Å². The van der Waals surface area contributed by atoms with E-state index in [1.807, 2.05) is 31.2 Å². The average molecular weight is 355 g/mol. The quantitative estimate of drug-likeness (QED) is 0.579. The number of hydrogen-bond acceptors (Lipinski definition) is 3. The van der Waals surface area contributed by atoms with Gasteiger partial charge in [-0.25, -0.2) is 0 Å². The molecule has 0 aliphatic rings. The molecule has 2 aromatic rings. The van der Waals surface area contributed by atoms with E-state index in [0.29, 0.717) is 5.56 Å². The Hall–Kier alpha value is -1.43. The molecule has 0 fully saturated rings. The second kappa shape index (κ2) is 5.48. The Bertz CT molecular complexity index is 557. The van der Waals surface area contributed by atoms with Gasteiger partial charge in [0.15, 0.2) is 0 Å². The van der Waals surface area contributed by atoms with Gasteiger partial charge in [-0.3, -0.25) is 0 Å². The van der Waals surface area contributed by atoms with Crippen LogP contribution in [0, 0.1) is 3.57 Å². The largest absolute Gasteiger partial charge is 0.508 e. The molecule has 4 heteroatoms. The molecule has 94 valence electrons. The number of halogens is 1. The Labute approximate surface area is 120 Å². The molecule has 1 unspecified atom stereocenters. The zero-order valence-electron chi connectivity index (χ0n) is 9.89. The zero-order valence-corrected chi connectivity index (χ0v) is 12.0. The van der Waals surface area contributed by atoms with Crippen molar-refractivity contribution in [2.45, 2.75) is 13.0 Å². The van der Waals surface area contributed by atoms with Crippen LogP contribution in [0.25, 0.3) is 0 Å². The fourth-order valence-electron chi connectivity index (χ4n) is 1.79. The zero-order chi connectivity index (χ0) is 13.1. The van der Waals surface area contributed by atoms with E-state index < -0.39 is 0 Å². The first-order valence-electron chi connectivity index (χ1n) is 5.60. The lowest BCUT2D eigenvalue weighted by molar-refractivity contribution is 0.451. The highest BCUT2D eigenvalue weighted by Gasteiger charge is 2.11. The smallest absolute Gasteiger partial charge is 0.121 e. The van der Waals surface area contributed by atoms with E-state index in [9.17, 15) is 10.2 Å². The van der Waals surface area contributed by atoms with Crippen LogP contribution in [0.5, 0.6) is 11.5 Å². The summed E-state index contributed by atoms with van der Waals surface area (Å²) in [6.07, 6.45) is 0. The lowest BCUT2D eigenvalue weighted by atomic mass is 10.1. The van der Waals surface area contributed by atoms with Crippen molar-refractivity contribution in [2.75, 3.05) is 5.32 Å². The van der Waals surface area contributed by atoms with Gasteiger partial charge in [0.25, 0.3) is 0 Å². The first kappa shape index (κ1) is 13.0. The standard InChI is InChI=1S/C14H14INO2/c1-9(13-8-12(17)5-6-14(13)18)16-11-4-2-3-10(15)7-11/h2-9,16-18H,1H3. The van der Waals surface area contributed by atoms with Gasteiger partial charge in [-0.15, -0.1) is 0 Å². The molecular weight excluding hydrogens is 341 g/mol. The predicted molar refractivity (Wildman–Crippen MR) is 81.0 cm³/mol. The second-order valence-electron chi connectivity index (χ2n) is 4.12. The molecule has 2 rings (SSSR count). The lowest BCUT2D eigenvalue weighted by Gasteiger charge is -2.17. The molecule has 0 aliphatic carbocycles. The topological polar surface area (TPSA) is 52.5 Å². The average Bonchev–Trinajstić information content (AvgIpc) is 2.32. The molecule has 3 N–H and O–H groups in total. The lowest BCUT2D eigenvalue weighted by Crippen LogP contribution is -2.06. The van der Waals surface area contributed by atoms with E-state index in [0.717, 1.165) is 9.26 Å². The third-order valence-corrected chi connectivity index (χ3v) is 3.36. The fraction of sp³-hybridized carbons (Fsp3) is 0.143. The first-order valence-corrected chi connectivity index (χ1v) is 6.68. The first-order chi connectivity index (χ1) is 8.56. The summed E-state index contributed by atoms with van der Waals surface area (Å²) < 4.78 is 1.14. The van der Waals surface area contributed by atoms with E-state index in [1.165, 1.54) is 12.1 Å². The van der Waals surface area contributed by atoms with E-state index in [1.54, 1.807) is 6.07 Å². The van der Waals surface area contributed by atoms with Crippen molar-refractivity contribution in [3.8, 4) is 11.5 Å². The van der Waals surface area contributed by atoms with Crippen LogP contribution in [0.2, 0.25) is 0 Å². The van der Waals surface area contributed by atoms with Crippen molar-refractivity contribution in [1.82, 2.24) is 0 Å². The van der Waals surface area contributed by atoms with Crippen LogP contribution in [0.4, 0.5) is 5.69 Å². The maximum Gasteiger partial charge on any atom is 0.121 e. The van der Waals surface area contributed by atoms with Gasteiger partial charge in [0, 0.05) is 14.8 Å². The highest BCUT2D eigenvalue weighted by Crippen LogP contribution is 2.30. The minimum absolute atomic E-state index is 0.0877. The van der Waals surface area contributed by atoms with Crippen LogP contribution < -0.4 is 5.32 Å². The summed E-state index contributed by atoms with van der Waals surface area (Å²) >= 11 is 2.25. The number of nitrogens with one attached hydrogen (secondary N) is 1. The Morgan fingerprint density at radius 1 is 1.11 bits per heavy atom. The van der Waals surface area contributed by atoms with E-state index in [-0.39, 0.29) is 17.5 Å². The van der Waals surface area contributed by atoms with Crippen LogP contribution >= 0.6 is 22.6 Å². The van der Waals surface area contributed by atoms with Crippen LogP contribution in [-0.4, -0.2) is 10.2 Å². The second-order valence-corrected chi connectivity index (χ2v) is 5.37. The summed E-state index contributed by atoms with van der Waals surface area (Å²) in [6, 6.07) is 12.4. The van der Waals surface area contributed by atoms with Crippen molar-refractivity contribution in [3.63, 3.8) is 0 Å². The number of hydrogen-bond donors (Lipinski definition) is 3. The van der Waals surface area contributed by atoms with Gasteiger partial charge >= 0.3 is 0 Å². The highest BCUT2D eigenvalue weighted by atomic mass is 127. The van der Waals surface area contributed by atoms with Crippen LogP contribution in [0.15, 0.2) is 42.5 Å². The number of phenolic OH excluding ortho intramolecular Hbond substituents is 2. The molecule has 0 aliphatic heterocycles. The SMILES string of the molecule is CC(Nc1cccc(I)c1)c1cc(O)ccc1O. The number of rotatable bonds is 3. The molecule has 3 nitrogen and oxygen atoms in total. The summed E-state index contributed by atoms with van der Waals surface area (Å²) in [5.41, 5.74) is 1.66. The Kier molecular flexibility index (Phi) is 3.96. The van der Waals surface area contributed by atoms with Gasteiger partial charge in [-0.1, -0.05) is 6.07 Å². The highest BCUT2D eigenvalue weighted by molar-refractivity contribution is 14.1. The van der Waals surface area contributed by atoms with Gasteiger partial charge in [-0.2, -0.15) is 0 Å². The molecule has 0 saturated carbocycles. The maximum absolute atomic E-state index is 9.79. The van der Waals surface area contributed by atoms with Gasteiger partial charge in [0.2, 0.25) is 0 Å². The Morgan fingerprint density at radius 2 is 1.89 bits per heavy atom. The number of phenols is 2. The van der Waals surface area contributed by atoms with E-state index in [4.69, 9.17) is 0 Å². The molecule has 0 heterocycles. The fourth-order valence-corrected chi connectivity index (χ4v) is 2.34. The van der Waals surface area contributed by atoms with Crippen LogP contribution in [0.1, 0.15) is 18.5 Å². The minimum atomic E-state index is -0.0877. The molecule has 0 bridgehead atoms. The van der Waals surface area contributed by atoms with Crippen molar-refractivity contribution in [2.24, 2.45) is 0 Å². The van der Waals surface area contributed by atoms with Crippen molar-refractivity contribution in [3.05, 3.63) is 51.6 Å². The van der Waals surface area contributed by atoms with Crippen molar-refractivity contribution < 1.29 is 10.2 Å². The third kappa shape index (κ3) is 3.07. The molecular formula is C14H14INO2. The van der Waals surface area contributed by atoms with Crippen molar-refractivity contribution >= 4 is 28.3 Å². The van der Waals surface area contributed by atoms with Crippen LogP contribution in [-0.2, 0) is 0 Å².